The average Bonchev–Trinajstić information content (AvgIpc) is 2.26. The molecule has 92 valence electrons. The highest BCUT2D eigenvalue weighted by atomic mass is 32.2. The molecule has 0 unspecified atom stereocenters. The molecule has 0 spiro atoms. The highest BCUT2D eigenvalue weighted by Crippen LogP contribution is 2.52. The van der Waals surface area contributed by atoms with Crippen LogP contribution in [0.5, 0.6) is 0 Å². The van der Waals surface area contributed by atoms with Gasteiger partial charge in [-0.1, -0.05) is 13.8 Å². The van der Waals surface area contributed by atoms with Crippen molar-refractivity contribution in [3.05, 3.63) is 0 Å². The van der Waals surface area contributed by atoms with Gasteiger partial charge in [-0.25, -0.2) is 0 Å². The quantitative estimate of drug-likeness (QED) is 0.712. The SMILES string of the molecule is CSCC(=O)O[C@@H]1[C@H]2CCCO[C@@H]2C1(C)C. The molecule has 2 fully saturated rings. The first-order valence-corrected chi connectivity index (χ1v) is 7.26. The number of fused-ring (bicyclic) bond motifs is 1. The van der Waals surface area contributed by atoms with Gasteiger partial charge >= 0.3 is 5.97 Å². The molecule has 0 N–H and O–H groups in total. The van der Waals surface area contributed by atoms with Crippen LogP contribution in [0, 0.1) is 11.3 Å². The lowest BCUT2D eigenvalue weighted by Gasteiger charge is -2.58. The lowest BCUT2D eigenvalue weighted by molar-refractivity contribution is -0.253. The van der Waals surface area contributed by atoms with Crippen LogP contribution in [-0.4, -0.2) is 36.8 Å². The summed E-state index contributed by atoms with van der Waals surface area (Å²) >= 11 is 1.51. The topological polar surface area (TPSA) is 35.5 Å². The van der Waals surface area contributed by atoms with Crippen LogP contribution in [-0.2, 0) is 14.3 Å². The minimum atomic E-state index is -0.0883. The predicted molar refractivity (Wildman–Crippen MR) is 64.5 cm³/mol. The Hall–Kier alpha value is -0.220. The summed E-state index contributed by atoms with van der Waals surface area (Å²) in [4.78, 5) is 11.5. The molecular formula is C12H20O3S. The van der Waals surface area contributed by atoms with Gasteiger partial charge in [0.25, 0.3) is 0 Å². The number of rotatable bonds is 3. The molecule has 3 nitrogen and oxygen atoms in total. The van der Waals surface area contributed by atoms with Gasteiger partial charge in [-0.3, -0.25) is 4.79 Å². The molecule has 3 atom stereocenters. The van der Waals surface area contributed by atoms with Crippen molar-refractivity contribution < 1.29 is 14.3 Å². The molecule has 0 aromatic carbocycles. The molecule has 2 rings (SSSR count). The van der Waals surface area contributed by atoms with E-state index >= 15 is 0 Å². The van der Waals surface area contributed by atoms with E-state index in [9.17, 15) is 4.79 Å². The third-order valence-electron chi connectivity index (χ3n) is 3.74. The summed E-state index contributed by atoms with van der Waals surface area (Å²) in [5.41, 5.74) is -0.0147. The van der Waals surface area contributed by atoms with Crippen LogP contribution in [0.15, 0.2) is 0 Å². The minimum Gasteiger partial charge on any atom is -0.461 e. The van der Waals surface area contributed by atoms with Crippen LogP contribution in [0.3, 0.4) is 0 Å². The first-order valence-electron chi connectivity index (χ1n) is 5.87. The molecule has 0 amide bonds. The molecule has 4 heteroatoms. The first-order chi connectivity index (χ1) is 7.57. The zero-order chi connectivity index (χ0) is 11.8. The van der Waals surface area contributed by atoms with Gasteiger partial charge in [0, 0.05) is 17.9 Å². The van der Waals surface area contributed by atoms with Gasteiger partial charge in [-0.05, 0) is 19.1 Å². The summed E-state index contributed by atoms with van der Waals surface area (Å²) in [6, 6.07) is 0. The Kier molecular flexibility index (Phi) is 3.50. The molecule has 1 heterocycles. The Morgan fingerprint density at radius 2 is 2.31 bits per heavy atom. The summed E-state index contributed by atoms with van der Waals surface area (Å²) in [5, 5.41) is 0. The third-order valence-corrected chi connectivity index (χ3v) is 4.27. The fourth-order valence-corrected chi connectivity index (χ4v) is 3.31. The molecule has 16 heavy (non-hydrogen) atoms. The molecule has 1 saturated heterocycles. The summed E-state index contributed by atoms with van der Waals surface area (Å²) < 4.78 is 11.3. The van der Waals surface area contributed by atoms with Gasteiger partial charge in [0.2, 0.25) is 0 Å². The number of hydrogen-bond acceptors (Lipinski definition) is 4. The van der Waals surface area contributed by atoms with Gasteiger partial charge in [0.1, 0.15) is 6.10 Å². The maximum atomic E-state index is 11.5. The molecule has 1 aliphatic carbocycles. The summed E-state index contributed by atoms with van der Waals surface area (Å²) in [6.45, 7) is 5.13. The fraction of sp³-hybridized carbons (Fsp3) is 0.917. The number of thioether (sulfide) groups is 1. The van der Waals surface area contributed by atoms with E-state index in [1.807, 2.05) is 6.26 Å². The van der Waals surface area contributed by atoms with E-state index in [4.69, 9.17) is 9.47 Å². The Bertz CT molecular complexity index is 277. The Morgan fingerprint density at radius 3 is 3.00 bits per heavy atom. The molecule has 1 saturated carbocycles. The van der Waals surface area contributed by atoms with Crippen LogP contribution in [0.1, 0.15) is 26.7 Å². The second kappa shape index (κ2) is 4.57. The van der Waals surface area contributed by atoms with Crippen molar-refractivity contribution in [3.63, 3.8) is 0 Å². The van der Waals surface area contributed by atoms with E-state index in [0.717, 1.165) is 19.4 Å². The number of ether oxygens (including phenoxy) is 2. The molecule has 0 aromatic rings. The Labute approximate surface area is 101 Å². The maximum absolute atomic E-state index is 11.5. The van der Waals surface area contributed by atoms with Crippen molar-refractivity contribution in [1.29, 1.82) is 0 Å². The van der Waals surface area contributed by atoms with E-state index in [1.54, 1.807) is 0 Å². The van der Waals surface area contributed by atoms with Gasteiger partial charge in [0.05, 0.1) is 11.9 Å². The van der Waals surface area contributed by atoms with E-state index in [2.05, 4.69) is 13.8 Å². The van der Waals surface area contributed by atoms with Crippen LogP contribution in [0.25, 0.3) is 0 Å². The number of hydrogen-bond donors (Lipinski definition) is 0. The highest BCUT2D eigenvalue weighted by Gasteiger charge is 2.60. The summed E-state index contributed by atoms with van der Waals surface area (Å²) in [6.07, 6.45) is 4.48. The number of carbonyl (C=O) groups excluding carboxylic acids is 1. The standard InChI is InChI=1S/C12H20O3S/c1-12(2)10-8(5-4-6-14-10)11(12)15-9(13)7-16-3/h8,10-11H,4-7H2,1-3H3/t8-,10-,11+/m0/s1. The van der Waals surface area contributed by atoms with Crippen molar-refractivity contribution in [2.75, 3.05) is 18.6 Å². The van der Waals surface area contributed by atoms with E-state index in [1.165, 1.54) is 11.8 Å². The van der Waals surface area contributed by atoms with Crippen molar-refractivity contribution in [3.8, 4) is 0 Å². The average molecular weight is 244 g/mol. The number of carbonyl (C=O) groups is 1. The van der Waals surface area contributed by atoms with Gasteiger partial charge in [-0.2, -0.15) is 11.8 Å². The molecule has 0 bridgehead atoms. The Morgan fingerprint density at radius 1 is 1.56 bits per heavy atom. The Balaban J connectivity index is 1.96. The summed E-state index contributed by atoms with van der Waals surface area (Å²) in [5.74, 6) is 0.786. The van der Waals surface area contributed by atoms with Crippen molar-refractivity contribution in [2.45, 2.75) is 38.9 Å². The lowest BCUT2D eigenvalue weighted by Crippen LogP contribution is -2.65. The van der Waals surface area contributed by atoms with Crippen LogP contribution >= 0.6 is 11.8 Å². The van der Waals surface area contributed by atoms with Crippen molar-refractivity contribution >= 4 is 17.7 Å². The van der Waals surface area contributed by atoms with Gasteiger partial charge in [-0.15, -0.1) is 0 Å². The largest absolute Gasteiger partial charge is 0.461 e. The van der Waals surface area contributed by atoms with Crippen LogP contribution in [0.4, 0.5) is 0 Å². The van der Waals surface area contributed by atoms with Crippen molar-refractivity contribution in [1.82, 2.24) is 0 Å². The molecular weight excluding hydrogens is 224 g/mol. The van der Waals surface area contributed by atoms with E-state index in [-0.39, 0.29) is 23.6 Å². The molecule has 0 radical (unpaired) electrons. The molecule has 1 aliphatic heterocycles. The maximum Gasteiger partial charge on any atom is 0.316 e. The molecule has 0 aromatic heterocycles. The van der Waals surface area contributed by atoms with Crippen LogP contribution in [0.2, 0.25) is 0 Å². The second-order valence-corrected chi connectivity index (χ2v) is 6.13. The zero-order valence-electron chi connectivity index (χ0n) is 10.2. The monoisotopic (exact) mass is 244 g/mol. The molecule has 2 aliphatic rings. The number of esters is 1. The summed E-state index contributed by atoms with van der Waals surface area (Å²) in [7, 11) is 0. The van der Waals surface area contributed by atoms with E-state index in [0.29, 0.717) is 11.7 Å². The normalized spacial score (nSPS) is 36.1. The smallest absolute Gasteiger partial charge is 0.316 e. The highest BCUT2D eigenvalue weighted by molar-refractivity contribution is 7.99. The van der Waals surface area contributed by atoms with Gasteiger partial charge < -0.3 is 9.47 Å². The second-order valence-electron chi connectivity index (χ2n) is 5.26. The minimum absolute atomic E-state index is 0.0147. The third kappa shape index (κ3) is 1.97. The van der Waals surface area contributed by atoms with Crippen molar-refractivity contribution in [2.24, 2.45) is 11.3 Å². The predicted octanol–water partition coefficient (Wildman–Crippen LogP) is 2.10. The fourth-order valence-electron chi connectivity index (χ4n) is 3.01. The van der Waals surface area contributed by atoms with E-state index < -0.39 is 0 Å². The zero-order valence-corrected chi connectivity index (χ0v) is 11.0. The lowest BCUT2D eigenvalue weighted by atomic mass is 9.57. The first kappa shape index (κ1) is 12.2. The van der Waals surface area contributed by atoms with Gasteiger partial charge in [0.15, 0.2) is 0 Å². The van der Waals surface area contributed by atoms with Crippen LogP contribution < -0.4 is 0 Å².